The Morgan fingerprint density at radius 2 is 0.684 bits per heavy atom. The molecule has 28 nitrogen and oxygen atoms in total. The molecule has 4 aromatic heterocycles. The first-order valence-corrected chi connectivity index (χ1v) is 66.9. The number of nitrogens with zero attached hydrogens (tertiary/aromatic N) is 5. The number of pyridine rings is 4. The van der Waals surface area contributed by atoms with Gasteiger partial charge in [0.2, 0.25) is 31.2 Å². The van der Waals surface area contributed by atoms with Crippen molar-refractivity contribution in [3.63, 3.8) is 0 Å². The monoisotopic (exact) mass is 2350 g/mol. The van der Waals surface area contributed by atoms with Gasteiger partial charge in [-0.1, -0.05) is 24.3 Å². The van der Waals surface area contributed by atoms with Crippen LogP contribution in [0.3, 0.4) is 0 Å². The van der Waals surface area contributed by atoms with Crippen molar-refractivity contribution >= 4 is 149 Å². The SMILES string of the molecule is C=C[C@H]1CN2CC[C@H]1C[C@H]2[C@@H](O)c1ccnc2ccc(OC)cc12.C=C[C@H]1C[NH+]2CC[C@H]1C[C@H]2[C@@H](O)c1ccnc2ccc(OC)cc12.C=C[C@H]1C[NH+]2CC[C@H]1C[C@H]2[C@@H](O)c1ccnc2ccc(OC)cc12.C=C[C@H]1C[NH+]2CC[C@H]1C[C@H]2[C@@H](O)c1ccnc2ccc(OC)cc12.I[I-]I.I[I-]I.O=S(=O)([O-])O.O=S(=O)([O-])O.O=S(=O)([O-])O.[H+].[H+]. The predicted molar refractivity (Wildman–Crippen MR) is 473 cm³/mol. The van der Waals surface area contributed by atoms with Gasteiger partial charge in [0.1, 0.15) is 59.4 Å². The van der Waals surface area contributed by atoms with E-state index in [1.807, 2.05) is 97.1 Å². The number of methoxy groups -OCH3 is 4. The number of aliphatic hydroxyl groups is 4. The van der Waals surface area contributed by atoms with Gasteiger partial charge in [0.25, 0.3) is 0 Å². The Morgan fingerprint density at radius 1 is 0.436 bits per heavy atom. The van der Waals surface area contributed by atoms with E-state index >= 15 is 0 Å². The summed E-state index contributed by atoms with van der Waals surface area (Å²) in [6, 6.07) is 32.2. The molecule has 117 heavy (non-hydrogen) atoms. The first kappa shape index (κ1) is 98.8. The number of halogens is 6. The van der Waals surface area contributed by atoms with Crippen molar-refractivity contribution in [2.24, 2.45) is 47.3 Å². The van der Waals surface area contributed by atoms with Crippen LogP contribution in [0.1, 0.15) is 101 Å². The minimum Gasteiger partial charge on any atom is -0.726 e. The van der Waals surface area contributed by atoms with Crippen LogP contribution in [-0.4, -0.2) is 203 Å². The Kier molecular flexibility index (Phi) is 39.6. The molecular formula is C80H104I6N8O20S3. The van der Waals surface area contributed by atoms with Gasteiger partial charge in [-0.15, -0.1) is 26.3 Å². The molecule has 8 bridgehead atoms. The minimum atomic E-state index is -4.92. The molecule has 12 aliphatic heterocycles. The largest absolute Gasteiger partial charge is 1.00 e. The Hall–Kier alpha value is -3.65. The van der Waals surface area contributed by atoms with Gasteiger partial charge in [0.05, 0.1) is 95.9 Å². The van der Waals surface area contributed by atoms with Gasteiger partial charge >= 0.3 is 104 Å². The molecule has 4 aromatic carbocycles. The van der Waals surface area contributed by atoms with E-state index in [9.17, 15) is 20.4 Å². The zero-order chi connectivity index (χ0) is 85.6. The third kappa shape index (κ3) is 28.2. The standard InChI is InChI=1S/4C20H24N2O2.2I3.3H2O4S/c4*1-3-13-12-22-9-7-14(13)10-19(22)20(23)16-6-8-21-18-5-4-15(24-2)11-17(16)18;2*1-3-2;3*1-5(2,3)4/h4*3-6,8,11,13-14,19-20,23H,1,7,9-10,12H2,2H3;;;3*(H2,1,2,3,4)/q;;;;2*-1;;;/p+2/t4*13-,14-,19-,20-;;;;;/m0000...../s1. The number of aromatic nitrogens is 4. The smallest absolute Gasteiger partial charge is 0.726 e. The predicted octanol–water partition coefficient (Wildman–Crippen LogP) is 3.23. The fraction of sp³-hybridized carbons (Fsp3) is 0.450. The van der Waals surface area contributed by atoms with Gasteiger partial charge in [-0.2, -0.15) is 0 Å². The van der Waals surface area contributed by atoms with E-state index in [-0.39, 0.29) is 27.0 Å². The third-order valence-electron chi connectivity index (χ3n) is 23.8. The maximum absolute atomic E-state index is 11.2. The van der Waals surface area contributed by atoms with E-state index in [4.69, 9.17) is 71.5 Å². The van der Waals surface area contributed by atoms with Crippen LogP contribution in [0.2, 0.25) is 0 Å². The van der Waals surface area contributed by atoms with Crippen molar-refractivity contribution in [3.8, 4) is 23.0 Å². The second kappa shape index (κ2) is 46.9. The first-order chi connectivity index (χ1) is 55.7. The van der Waals surface area contributed by atoms with Crippen LogP contribution >= 0.6 is 74.5 Å². The molecule has 0 aliphatic carbocycles. The van der Waals surface area contributed by atoms with Crippen molar-refractivity contribution in [2.45, 2.75) is 99.9 Å². The van der Waals surface area contributed by atoms with Gasteiger partial charge in [-0.25, -0.2) is 25.3 Å². The number of aliphatic hydroxyl groups excluding tert-OH is 4. The molecule has 0 saturated carbocycles. The fourth-order valence-corrected chi connectivity index (χ4v) is 18.4. The number of ether oxygens (including phenoxy) is 4. The average Bonchev–Trinajstić information content (AvgIpc) is 0.779. The average molecular weight is 2360 g/mol. The van der Waals surface area contributed by atoms with Crippen molar-refractivity contribution in [1.82, 2.24) is 24.8 Å². The number of hydrogen-bond donors (Lipinski definition) is 10. The van der Waals surface area contributed by atoms with Gasteiger partial charge in [0, 0.05) is 115 Å². The number of rotatable bonds is 16. The third-order valence-corrected chi connectivity index (χ3v) is 23.8. The molecule has 37 heteroatoms. The number of nitrogens with one attached hydrogen (secondary N) is 3. The van der Waals surface area contributed by atoms with Crippen LogP contribution in [0.15, 0.2) is 172 Å². The van der Waals surface area contributed by atoms with Crippen LogP contribution in [0.25, 0.3) is 43.6 Å². The summed E-state index contributed by atoms with van der Waals surface area (Å²) in [5, 5.41) is 48.6. The van der Waals surface area contributed by atoms with E-state index < -0.39 is 55.6 Å². The summed E-state index contributed by atoms with van der Waals surface area (Å²) >= 11 is 10.6. The van der Waals surface area contributed by atoms with Crippen LogP contribution in [0, 0.1) is 47.3 Å². The molecule has 12 fully saturated rings. The van der Waals surface area contributed by atoms with Crippen molar-refractivity contribution in [2.75, 3.05) is 80.8 Å². The maximum Gasteiger partial charge on any atom is 1.00 e. The Labute approximate surface area is 747 Å². The molecule has 20 atom stereocenters. The topological polar surface area (TPSA) is 418 Å². The Bertz CT molecular complexity index is 4390. The Morgan fingerprint density at radius 3 is 0.897 bits per heavy atom. The van der Waals surface area contributed by atoms with E-state index in [2.05, 4.69) is 150 Å². The van der Waals surface area contributed by atoms with E-state index in [0.29, 0.717) is 73.9 Å². The number of benzene rings is 4. The zero-order valence-electron chi connectivity index (χ0n) is 66.9. The number of hydrogen-bond acceptors (Lipinski definition) is 22. The van der Waals surface area contributed by atoms with E-state index in [1.165, 1.54) is 40.4 Å². The van der Waals surface area contributed by atoms with E-state index in [0.717, 1.165) is 167 Å². The van der Waals surface area contributed by atoms with Gasteiger partial charge in [-0.05, 0) is 168 Å². The molecule has 12 saturated heterocycles. The Balaban J connectivity index is 0.000000226. The normalized spacial score (nSPS) is 26.7. The number of quaternary nitrogens is 3. The molecule has 12 aliphatic rings. The second-order valence-electron chi connectivity index (χ2n) is 29.8. The van der Waals surface area contributed by atoms with Crippen molar-refractivity contribution in [1.29, 1.82) is 0 Å². The molecular weight excluding hydrogens is 2250 g/mol. The molecule has 0 spiro atoms. The van der Waals surface area contributed by atoms with Crippen molar-refractivity contribution in [3.05, 3.63) is 195 Å². The molecule has 20 rings (SSSR count). The van der Waals surface area contributed by atoms with E-state index in [1.54, 1.807) is 53.2 Å². The van der Waals surface area contributed by atoms with Gasteiger partial charge < -0.3 is 67.7 Å². The number of fused-ring (bicyclic) bond motifs is 16. The first-order valence-electron chi connectivity index (χ1n) is 37.7. The second-order valence-corrected chi connectivity index (χ2v) is 64.8. The molecule has 10 N–H and O–H groups in total. The summed E-state index contributed by atoms with van der Waals surface area (Å²) in [6.45, 7) is 24.8. The molecule has 4 unspecified atom stereocenters. The van der Waals surface area contributed by atoms with Crippen molar-refractivity contribution < 1.29 is 136 Å². The summed E-state index contributed by atoms with van der Waals surface area (Å²) in [6.07, 6.45) is 22.9. The molecule has 8 aromatic rings. The summed E-state index contributed by atoms with van der Waals surface area (Å²) < 4.78 is 120. The maximum atomic E-state index is 11.2. The summed E-state index contributed by atoms with van der Waals surface area (Å²) in [5.74, 6) is 8.22. The number of piperidine rings is 12. The summed E-state index contributed by atoms with van der Waals surface area (Å²) in [4.78, 5) is 24.7. The molecule has 16 heterocycles. The van der Waals surface area contributed by atoms with Crippen LogP contribution in [0.4, 0.5) is 0 Å². The molecule has 0 radical (unpaired) electrons. The summed E-state index contributed by atoms with van der Waals surface area (Å²) in [5.41, 5.74) is 7.48. The van der Waals surface area contributed by atoms with Crippen LogP contribution in [0.5, 0.6) is 23.0 Å². The molecule has 0 amide bonds. The molecule has 644 valence electrons. The summed E-state index contributed by atoms with van der Waals surface area (Å²) in [7, 11) is -8.09. The quantitative estimate of drug-likeness (QED) is 0.0287. The van der Waals surface area contributed by atoms with Gasteiger partial charge in [-0.3, -0.25) is 38.5 Å². The zero-order valence-corrected chi connectivity index (χ0v) is 80.3. The fourth-order valence-electron chi connectivity index (χ4n) is 18.4. The van der Waals surface area contributed by atoms with Crippen LogP contribution in [-0.2, 0) is 31.2 Å². The van der Waals surface area contributed by atoms with Crippen LogP contribution < -0.4 is 60.2 Å². The minimum absolute atomic E-state index is 0. The van der Waals surface area contributed by atoms with Gasteiger partial charge in [0.15, 0.2) is 0 Å².